The van der Waals surface area contributed by atoms with Gasteiger partial charge in [-0.1, -0.05) is 5.16 Å². The standard InChI is InChI=1S/C9H10N2O5/c1-2-16-8-4-6(5-10-13)3-7(9(8)12)11(14)15/h3-5,12-13H,2H2,1H3/b10-5+. The van der Waals surface area contributed by atoms with Crippen molar-refractivity contribution in [3.05, 3.63) is 27.8 Å². The minimum Gasteiger partial charge on any atom is -0.500 e. The number of aromatic hydroxyl groups is 1. The van der Waals surface area contributed by atoms with Crippen molar-refractivity contribution >= 4 is 11.9 Å². The van der Waals surface area contributed by atoms with Gasteiger partial charge in [0.2, 0.25) is 5.75 Å². The van der Waals surface area contributed by atoms with Crippen molar-refractivity contribution in [3.8, 4) is 11.5 Å². The van der Waals surface area contributed by atoms with E-state index in [1.807, 2.05) is 0 Å². The van der Waals surface area contributed by atoms with Crippen molar-refractivity contribution in [1.29, 1.82) is 0 Å². The summed E-state index contributed by atoms with van der Waals surface area (Å²) in [5.74, 6) is -0.562. The first-order valence-electron chi connectivity index (χ1n) is 4.41. The Morgan fingerprint density at radius 2 is 2.31 bits per heavy atom. The number of benzene rings is 1. The van der Waals surface area contributed by atoms with E-state index < -0.39 is 16.4 Å². The lowest BCUT2D eigenvalue weighted by Crippen LogP contribution is -1.97. The normalized spacial score (nSPS) is 10.6. The van der Waals surface area contributed by atoms with Gasteiger partial charge in [0.1, 0.15) is 0 Å². The second kappa shape index (κ2) is 4.96. The lowest BCUT2D eigenvalue weighted by molar-refractivity contribution is -0.386. The number of rotatable bonds is 4. The number of hydrogen-bond acceptors (Lipinski definition) is 6. The molecule has 0 heterocycles. The molecule has 16 heavy (non-hydrogen) atoms. The average molecular weight is 226 g/mol. The van der Waals surface area contributed by atoms with Crippen LogP contribution in [0.3, 0.4) is 0 Å². The average Bonchev–Trinajstić information content (AvgIpc) is 2.23. The number of phenolic OH excluding ortho intramolecular Hbond substituents is 1. The third-order valence-corrected chi connectivity index (χ3v) is 1.78. The molecule has 0 saturated carbocycles. The smallest absolute Gasteiger partial charge is 0.315 e. The molecule has 0 aliphatic heterocycles. The topological polar surface area (TPSA) is 105 Å². The van der Waals surface area contributed by atoms with Gasteiger partial charge in [-0.25, -0.2) is 0 Å². The Hall–Kier alpha value is -2.31. The number of nitrogens with zero attached hydrogens (tertiary/aromatic N) is 2. The van der Waals surface area contributed by atoms with E-state index in [9.17, 15) is 15.2 Å². The van der Waals surface area contributed by atoms with Crippen molar-refractivity contribution in [2.24, 2.45) is 5.16 Å². The number of ether oxygens (including phenoxy) is 1. The largest absolute Gasteiger partial charge is 0.500 e. The summed E-state index contributed by atoms with van der Waals surface area (Å²) >= 11 is 0. The van der Waals surface area contributed by atoms with Gasteiger partial charge in [0.05, 0.1) is 17.7 Å². The molecular weight excluding hydrogens is 216 g/mol. The highest BCUT2D eigenvalue weighted by Crippen LogP contribution is 2.36. The molecule has 7 nitrogen and oxygen atoms in total. The van der Waals surface area contributed by atoms with Gasteiger partial charge < -0.3 is 15.1 Å². The van der Waals surface area contributed by atoms with Crippen LogP contribution in [0.1, 0.15) is 12.5 Å². The number of phenols is 1. The van der Waals surface area contributed by atoms with Gasteiger partial charge in [-0.3, -0.25) is 10.1 Å². The molecule has 2 N–H and O–H groups in total. The van der Waals surface area contributed by atoms with Crippen LogP contribution in [0.15, 0.2) is 17.3 Å². The van der Waals surface area contributed by atoms with E-state index in [0.717, 1.165) is 12.3 Å². The molecule has 1 rings (SSSR count). The molecule has 0 aliphatic rings. The molecule has 1 aromatic rings. The second-order valence-corrected chi connectivity index (χ2v) is 2.82. The van der Waals surface area contributed by atoms with Crippen LogP contribution in [-0.4, -0.2) is 28.1 Å². The maximum Gasteiger partial charge on any atom is 0.315 e. The Morgan fingerprint density at radius 3 is 2.81 bits per heavy atom. The highest BCUT2D eigenvalue weighted by atomic mass is 16.6. The quantitative estimate of drug-likeness (QED) is 0.350. The van der Waals surface area contributed by atoms with Gasteiger partial charge in [-0.05, 0) is 13.0 Å². The Balaban J connectivity index is 3.32. The summed E-state index contributed by atoms with van der Waals surface area (Å²) < 4.78 is 5.02. The van der Waals surface area contributed by atoms with Crippen molar-refractivity contribution < 1.29 is 20.0 Å². The van der Waals surface area contributed by atoms with Crippen LogP contribution in [0.25, 0.3) is 0 Å². The van der Waals surface area contributed by atoms with Gasteiger partial charge in [0, 0.05) is 11.6 Å². The van der Waals surface area contributed by atoms with Crippen LogP contribution < -0.4 is 4.74 Å². The molecule has 0 spiro atoms. The lowest BCUT2D eigenvalue weighted by Gasteiger charge is -2.06. The first-order chi connectivity index (χ1) is 7.60. The molecule has 0 bridgehead atoms. The summed E-state index contributed by atoms with van der Waals surface area (Å²) in [7, 11) is 0. The van der Waals surface area contributed by atoms with Crippen molar-refractivity contribution in [3.63, 3.8) is 0 Å². The Labute approximate surface area is 90.7 Å². The molecule has 0 radical (unpaired) electrons. The maximum absolute atomic E-state index is 10.6. The maximum atomic E-state index is 10.6. The molecule has 86 valence electrons. The summed E-state index contributed by atoms with van der Waals surface area (Å²) in [4.78, 5) is 9.87. The summed E-state index contributed by atoms with van der Waals surface area (Å²) in [5, 5.41) is 31.2. The van der Waals surface area contributed by atoms with E-state index in [1.165, 1.54) is 6.07 Å². The molecule has 1 aromatic carbocycles. The van der Waals surface area contributed by atoms with Crippen LogP contribution in [0.2, 0.25) is 0 Å². The van der Waals surface area contributed by atoms with Gasteiger partial charge in [0.25, 0.3) is 0 Å². The SMILES string of the molecule is CCOc1cc(/C=N/O)cc([N+](=O)[O-])c1O. The lowest BCUT2D eigenvalue weighted by atomic mass is 10.2. The van der Waals surface area contributed by atoms with Crippen molar-refractivity contribution in [2.45, 2.75) is 6.92 Å². The molecule has 0 atom stereocenters. The molecule has 7 heteroatoms. The number of nitro groups is 1. The number of nitro benzene ring substituents is 1. The first-order valence-corrected chi connectivity index (χ1v) is 4.41. The fraction of sp³-hybridized carbons (Fsp3) is 0.222. The first kappa shape index (κ1) is 11.8. The molecule has 0 aliphatic carbocycles. The van der Waals surface area contributed by atoms with E-state index in [0.29, 0.717) is 0 Å². The zero-order valence-electron chi connectivity index (χ0n) is 8.45. The molecular formula is C9H10N2O5. The van der Waals surface area contributed by atoms with Crippen LogP contribution in [0.4, 0.5) is 5.69 Å². The predicted octanol–water partition coefficient (Wildman–Crippen LogP) is 1.51. The highest BCUT2D eigenvalue weighted by Gasteiger charge is 2.19. The van der Waals surface area contributed by atoms with E-state index >= 15 is 0 Å². The molecule has 0 aromatic heterocycles. The van der Waals surface area contributed by atoms with E-state index in [1.54, 1.807) is 6.92 Å². The summed E-state index contributed by atoms with van der Waals surface area (Å²) in [6.07, 6.45) is 1.01. The minimum absolute atomic E-state index is 0.0217. The summed E-state index contributed by atoms with van der Waals surface area (Å²) in [5.41, 5.74) is -0.240. The Kier molecular flexibility index (Phi) is 3.65. The fourth-order valence-corrected chi connectivity index (χ4v) is 1.16. The third-order valence-electron chi connectivity index (χ3n) is 1.78. The van der Waals surface area contributed by atoms with Gasteiger partial charge in [0.15, 0.2) is 5.75 Å². The van der Waals surface area contributed by atoms with E-state index in [2.05, 4.69) is 5.16 Å². The van der Waals surface area contributed by atoms with E-state index in [4.69, 9.17) is 9.94 Å². The fourth-order valence-electron chi connectivity index (χ4n) is 1.16. The monoisotopic (exact) mass is 226 g/mol. The van der Waals surface area contributed by atoms with Gasteiger partial charge >= 0.3 is 5.69 Å². The van der Waals surface area contributed by atoms with Gasteiger partial charge in [-0.2, -0.15) is 0 Å². The second-order valence-electron chi connectivity index (χ2n) is 2.82. The Morgan fingerprint density at radius 1 is 1.62 bits per heavy atom. The molecule has 0 unspecified atom stereocenters. The highest BCUT2D eigenvalue weighted by molar-refractivity contribution is 5.82. The van der Waals surface area contributed by atoms with Crippen molar-refractivity contribution in [1.82, 2.24) is 0 Å². The zero-order valence-corrected chi connectivity index (χ0v) is 8.45. The molecule has 0 saturated heterocycles. The van der Waals surface area contributed by atoms with Crippen LogP contribution in [0.5, 0.6) is 11.5 Å². The summed E-state index contributed by atoms with van der Waals surface area (Å²) in [6.45, 7) is 1.93. The van der Waals surface area contributed by atoms with E-state index in [-0.39, 0.29) is 17.9 Å². The molecule has 0 amide bonds. The summed E-state index contributed by atoms with van der Waals surface area (Å²) in [6, 6.07) is 2.42. The van der Waals surface area contributed by atoms with Gasteiger partial charge in [-0.15, -0.1) is 0 Å². The zero-order chi connectivity index (χ0) is 12.1. The van der Waals surface area contributed by atoms with Crippen molar-refractivity contribution in [2.75, 3.05) is 6.61 Å². The number of hydrogen-bond donors (Lipinski definition) is 2. The number of oxime groups is 1. The Bertz CT molecular complexity index is 430. The molecule has 0 fully saturated rings. The minimum atomic E-state index is -0.743. The predicted molar refractivity (Wildman–Crippen MR) is 55.3 cm³/mol. The van der Waals surface area contributed by atoms with Crippen LogP contribution in [-0.2, 0) is 0 Å². The van der Waals surface area contributed by atoms with Crippen LogP contribution in [0, 0.1) is 10.1 Å². The third kappa shape index (κ3) is 2.38. The van der Waals surface area contributed by atoms with Crippen LogP contribution >= 0.6 is 0 Å².